The third kappa shape index (κ3) is 21.0. The molecule has 4 fully saturated rings. The molecule has 0 spiro atoms. The summed E-state index contributed by atoms with van der Waals surface area (Å²) in [6, 6.07) is 32.3. The van der Waals surface area contributed by atoms with E-state index in [2.05, 4.69) is 129 Å². The van der Waals surface area contributed by atoms with E-state index >= 15 is 0 Å². The number of piperazine rings is 4. The molecule has 0 aliphatic carbocycles. The number of fused-ring (bicyclic) bond motifs is 4. The van der Waals surface area contributed by atoms with Crippen LogP contribution in [-0.2, 0) is 31.2 Å². The summed E-state index contributed by atoms with van der Waals surface area (Å²) < 4.78 is 60.4. The minimum atomic E-state index is -0.987. The molecule has 0 radical (unpaired) electrons. The van der Waals surface area contributed by atoms with Gasteiger partial charge in [0.15, 0.2) is 28.4 Å². The fraction of sp³-hybridized carbons (Fsp3) is 0.390. The number of aromatic amines is 2. The second kappa shape index (κ2) is 38.2. The first-order chi connectivity index (χ1) is 67.2. The number of hydrogen-bond donors (Lipinski definition) is 3. The Bertz CT molecular complexity index is 7090. The van der Waals surface area contributed by atoms with Crippen molar-refractivity contribution >= 4 is 81.9 Å². The Morgan fingerprint density at radius 3 is 1.00 bits per heavy atom. The summed E-state index contributed by atoms with van der Waals surface area (Å²) in [5.41, 5.74) is 9.47. The number of aromatic nitrogens is 16. The van der Waals surface area contributed by atoms with Gasteiger partial charge in [0, 0.05) is 141 Å². The monoisotopic (exact) mass is 1950 g/mol. The first-order valence-electron chi connectivity index (χ1n) is 47.4. The Labute approximate surface area is 824 Å². The topological polar surface area (TPSA) is 374 Å². The molecule has 744 valence electrons. The predicted octanol–water partition coefficient (Wildman–Crippen LogP) is 14.8. The van der Waals surface area contributed by atoms with Crippen molar-refractivity contribution in [2.45, 2.75) is 195 Å². The first-order valence-corrected chi connectivity index (χ1v) is 47.4. The van der Waals surface area contributed by atoms with Crippen molar-refractivity contribution in [3.63, 3.8) is 0 Å². The van der Waals surface area contributed by atoms with Crippen molar-refractivity contribution in [3.05, 3.63) is 251 Å². The Hall–Kier alpha value is -15.4. The molecule has 38 heteroatoms. The maximum Gasteiger partial charge on any atom is 0.291 e. The van der Waals surface area contributed by atoms with Crippen LogP contribution in [-0.4, -0.2) is 272 Å². The summed E-state index contributed by atoms with van der Waals surface area (Å²) in [6.45, 7) is 46.0. The second-order valence-corrected chi connectivity index (χ2v) is 43.1. The van der Waals surface area contributed by atoms with Gasteiger partial charge in [-0.1, -0.05) is 83.1 Å². The van der Waals surface area contributed by atoms with Crippen molar-refractivity contribution in [3.8, 4) is 45.0 Å². The molecule has 14 aromatic rings. The predicted molar refractivity (Wildman–Crippen MR) is 533 cm³/mol. The van der Waals surface area contributed by atoms with E-state index in [1.165, 1.54) is 54.7 Å². The molecule has 8 amide bonds. The van der Waals surface area contributed by atoms with E-state index in [1.807, 2.05) is 72.7 Å². The highest BCUT2D eigenvalue weighted by Gasteiger charge is 2.47. The Kier molecular flexibility index (Phi) is 26.9. The standard InChI is InChI=1S/3C27H30FN7O2.C24H28FN5O2/c1-26(2,3)20-12-21(17-6-8-19(28)9-7-17)32-35-15-22(31-23(20)35)25(37)34-11-10-33(16-27(34,4)5)24(36)18-13-29-30-14-18;2*1-26(2,3)19-14-20(17-6-8-18(28)9-7-17)32-35-15-21(31-23(19)35)24(36)34-13-12-33(16-27(34,4)5)25(37)22-29-10-11-30-22;1-14-12-29(24(5,6)22(32)26-14)21(31)19-13-30-20(27-19)17(23(2,3)4)11-18(28-30)15-7-9-16(25)10-8-15/h6-9,12-15H,10-11,16H2,1-5H3,(H,29,30);6-10,14-15H,11-13,16H2,1-5H3;6-11,14-15H,12-13,16H2,1-5H3,(H,29,30);7-11,13-14H,12H2,1-6H3,(H,26,32)/t;;;14-/m...0/s1. The summed E-state index contributed by atoms with van der Waals surface area (Å²) >= 11 is 0. The number of H-pyrrole nitrogens is 2. The molecule has 4 saturated heterocycles. The Morgan fingerprint density at radius 2 is 0.720 bits per heavy atom. The van der Waals surface area contributed by atoms with Crippen molar-refractivity contribution < 1.29 is 55.9 Å². The molecule has 4 aromatic carbocycles. The van der Waals surface area contributed by atoms with Gasteiger partial charge in [0.2, 0.25) is 11.7 Å². The molecule has 5 aliphatic heterocycles. The van der Waals surface area contributed by atoms with Crippen molar-refractivity contribution in [2.24, 2.45) is 9.98 Å². The average molecular weight is 1950 g/mol. The molecule has 1 atom stereocenters. The zero-order valence-corrected chi connectivity index (χ0v) is 84.2. The molecule has 19 rings (SSSR count). The molecular formula is C105H118F4N26O8. The zero-order valence-electron chi connectivity index (χ0n) is 84.2. The number of carbonyl (C=O) groups is 8. The number of nitrogens with zero attached hydrogens (tertiary/aromatic N) is 23. The van der Waals surface area contributed by atoms with Crippen LogP contribution in [0.4, 0.5) is 17.6 Å². The molecule has 143 heavy (non-hydrogen) atoms. The van der Waals surface area contributed by atoms with E-state index in [9.17, 15) is 55.9 Å². The summed E-state index contributed by atoms with van der Waals surface area (Å²) in [5, 5.41) is 28.2. The lowest BCUT2D eigenvalue weighted by atomic mass is 9.87. The van der Waals surface area contributed by atoms with E-state index in [1.54, 1.807) is 164 Å². The lowest BCUT2D eigenvalue weighted by Crippen LogP contribution is -2.66. The van der Waals surface area contributed by atoms with Crippen LogP contribution in [0.3, 0.4) is 0 Å². The second-order valence-electron chi connectivity index (χ2n) is 43.1. The average Bonchev–Trinajstić information content (AvgIpc) is 1.63. The maximum absolute atomic E-state index is 13.7. The van der Waals surface area contributed by atoms with Gasteiger partial charge >= 0.3 is 0 Å². The van der Waals surface area contributed by atoms with Crippen LogP contribution in [0.15, 0.2) is 181 Å². The number of benzene rings is 4. The fourth-order valence-corrected chi connectivity index (χ4v) is 18.3. The van der Waals surface area contributed by atoms with E-state index in [-0.39, 0.29) is 133 Å². The van der Waals surface area contributed by atoms with Gasteiger partial charge < -0.3 is 44.6 Å². The van der Waals surface area contributed by atoms with Crippen molar-refractivity contribution in [1.29, 1.82) is 0 Å². The molecule has 5 aliphatic rings. The maximum atomic E-state index is 13.7. The molecule has 34 nitrogen and oxygen atoms in total. The SMILES string of the molecule is CC(C)(C)c1cc(-c2ccc(F)cc2)nn2cc(C(=O)N3CCN(C(=O)C4=NCC=N4)CC3(C)C)nc12.CC(C)(C)c1cc(-c2ccc(F)cc2)nn2cc(C(=O)N3CCN(C(=O)c4cn[nH]c4)CC3(C)C)nc12.CC(C)(C)c1cc(-c2ccc(F)cc2)nn2cc(C(=O)N3CCN(C(=O)c4ncc[nH]4)CC3(C)C)nc12.C[C@H]1CN(C(=O)c2cn3nc(-c4ccc(F)cc4)cc(C(C)(C)C)c3n2)C(C)(C)C(=O)N1. The molecule has 0 saturated carbocycles. The highest BCUT2D eigenvalue weighted by atomic mass is 19.1. The number of nitrogens with one attached hydrogen (secondary N) is 3. The van der Waals surface area contributed by atoms with Gasteiger partial charge in [-0.05, 0) is 205 Å². The summed E-state index contributed by atoms with van der Waals surface area (Å²) in [4.78, 5) is 151. The molecule has 0 unspecified atom stereocenters. The van der Waals surface area contributed by atoms with Gasteiger partial charge in [0.25, 0.3) is 41.4 Å². The van der Waals surface area contributed by atoms with Crippen LogP contribution >= 0.6 is 0 Å². The van der Waals surface area contributed by atoms with Gasteiger partial charge in [0.05, 0.1) is 82.5 Å². The number of aliphatic imine (C=N–C) groups is 2. The largest absolute Gasteiger partial charge is 0.350 e. The number of rotatable bonds is 11. The van der Waals surface area contributed by atoms with Crippen LogP contribution in [0.2, 0.25) is 0 Å². The minimum Gasteiger partial charge on any atom is -0.350 e. The van der Waals surface area contributed by atoms with Gasteiger partial charge in [-0.25, -0.2) is 65.5 Å². The molecule has 3 N–H and O–H groups in total. The summed E-state index contributed by atoms with van der Waals surface area (Å²) in [5.74, 6) is -2.44. The van der Waals surface area contributed by atoms with Crippen LogP contribution in [0.25, 0.3) is 67.6 Å². The van der Waals surface area contributed by atoms with Crippen molar-refractivity contribution in [1.82, 2.24) is 118 Å². The number of hydrogen-bond acceptors (Lipinski definition) is 20. The van der Waals surface area contributed by atoms with E-state index in [0.717, 1.165) is 44.5 Å². The van der Waals surface area contributed by atoms with E-state index in [4.69, 9.17) is 30.2 Å². The third-order valence-corrected chi connectivity index (χ3v) is 26.2. The Balaban J connectivity index is 0.000000137. The van der Waals surface area contributed by atoms with Crippen LogP contribution in [0.5, 0.6) is 0 Å². The number of imidazole rings is 5. The smallest absolute Gasteiger partial charge is 0.291 e. The lowest BCUT2D eigenvalue weighted by Gasteiger charge is -2.46. The van der Waals surface area contributed by atoms with Crippen molar-refractivity contribution in [2.75, 3.05) is 72.0 Å². The number of amides is 8. The van der Waals surface area contributed by atoms with Gasteiger partial charge in [-0.2, -0.15) is 25.5 Å². The fourth-order valence-electron chi connectivity index (χ4n) is 18.3. The number of amidine groups is 1. The molecular weight excluding hydrogens is 1830 g/mol. The highest BCUT2D eigenvalue weighted by Crippen LogP contribution is 2.39. The van der Waals surface area contributed by atoms with Crippen LogP contribution < -0.4 is 5.32 Å². The first kappa shape index (κ1) is 101. The number of halogens is 4. The van der Waals surface area contributed by atoms with Crippen LogP contribution in [0, 0.1) is 23.3 Å². The normalized spacial score (nSPS) is 16.9. The summed E-state index contributed by atoms with van der Waals surface area (Å²) in [6.07, 6.45) is 14.4. The molecule has 0 bridgehead atoms. The zero-order chi connectivity index (χ0) is 103. The lowest BCUT2D eigenvalue weighted by molar-refractivity contribution is -0.134. The quantitative estimate of drug-likeness (QED) is 0.101. The molecule has 10 aromatic heterocycles. The third-order valence-electron chi connectivity index (χ3n) is 26.2. The molecule has 15 heterocycles. The van der Waals surface area contributed by atoms with E-state index < -0.39 is 22.2 Å². The van der Waals surface area contributed by atoms with Gasteiger partial charge in [0.1, 0.15) is 51.6 Å². The van der Waals surface area contributed by atoms with Gasteiger partial charge in [-0.3, -0.25) is 48.4 Å². The minimum absolute atomic E-state index is 0.117. The van der Waals surface area contributed by atoms with Gasteiger partial charge in [-0.15, -0.1) is 0 Å². The Morgan fingerprint density at radius 1 is 0.406 bits per heavy atom. The highest BCUT2D eigenvalue weighted by molar-refractivity contribution is 6.40. The summed E-state index contributed by atoms with van der Waals surface area (Å²) in [7, 11) is 0. The van der Waals surface area contributed by atoms with Crippen LogP contribution in [0.1, 0.15) is 231 Å². The van der Waals surface area contributed by atoms with E-state index in [0.29, 0.717) is 123 Å². The number of carbonyl (C=O) groups excluding carboxylic acids is 8.